The summed E-state index contributed by atoms with van der Waals surface area (Å²) in [6.07, 6.45) is 0. The third-order valence-corrected chi connectivity index (χ3v) is 3.51. The third kappa shape index (κ3) is 3.12. The first-order valence-corrected chi connectivity index (χ1v) is 6.92. The molecule has 0 amide bonds. The molecule has 0 atom stereocenters. The highest BCUT2D eigenvalue weighted by atomic mass is 35.7. The standard InChI is InChI=1S/C9H8ClNO7S/c1-17-7-4-8(19(10,15)16)5(9(12)18-2)3-6(7)11(13)14/h3-4H,1-2H3. The smallest absolute Gasteiger partial charge is 0.339 e. The highest BCUT2D eigenvalue weighted by Crippen LogP contribution is 2.34. The number of rotatable bonds is 4. The van der Waals surface area contributed by atoms with Crippen molar-refractivity contribution in [3.8, 4) is 5.75 Å². The Bertz CT molecular complexity index is 640. The van der Waals surface area contributed by atoms with Crippen molar-refractivity contribution >= 4 is 31.4 Å². The van der Waals surface area contributed by atoms with Gasteiger partial charge in [0, 0.05) is 22.8 Å². The molecular formula is C9H8ClNO7S. The molecule has 0 fully saturated rings. The number of carbonyl (C=O) groups is 1. The number of nitro benzene ring substituents is 1. The van der Waals surface area contributed by atoms with Gasteiger partial charge < -0.3 is 9.47 Å². The van der Waals surface area contributed by atoms with Crippen molar-refractivity contribution in [1.82, 2.24) is 0 Å². The van der Waals surface area contributed by atoms with E-state index < -0.39 is 36.1 Å². The molecule has 0 spiro atoms. The SMILES string of the molecule is COC(=O)c1cc([N+](=O)[O-])c(OC)cc1S(=O)(=O)Cl. The molecule has 19 heavy (non-hydrogen) atoms. The Kier molecular flexibility index (Phi) is 4.32. The molecule has 0 saturated carbocycles. The fraction of sp³-hybridized carbons (Fsp3) is 0.222. The summed E-state index contributed by atoms with van der Waals surface area (Å²) < 4.78 is 31.8. The van der Waals surface area contributed by atoms with Crippen molar-refractivity contribution in [3.63, 3.8) is 0 Å². The molecule has 1 aromatic rings. The van der Waals surface area contributed by atoms with E-state index in [2.05, 4.69) is 4.74 Å². The first-order valence-electron chi connectivity index (χ1n) is 4.61. The monoisotopic (exact) mass is 309 g/mol. The number of halogens is 1. The minimum Gasteiger partial charge on any atom is -0.490 e. The summed E-state index contributed by atoms with van der Waals surface area (Å²) in [5, 5.41) is 10.8. The zero-order valence-corrected chi connectivity index (χ0v) is 11.3. The number of ether oxygens (including phenoxy) is 2. The van der Waals surface area contributed by atoms with Crippen LogP contribution in [0.25, 0.3) is 0 Å². The van der Waals surface area contributed by atoms with Crippen molar-refractivity contribution in [3.05, 3.63) is 27.8 Å². The van der Waals surface area contributed by atoms with Crippen LogP contribution in [0.1, 0.15) is 10.4 Å². The molecule has 0 unspecified atom stereocenters. The number of nitrogens with zero attached hydrogens (tertiary/aromatic N) is 1. The fourth-order valence-electron chi connectivity index (χ4n) is 1.33. The average molecular weight is 310 g/mol. The first kappa shape index (κ1) is 15.2. The van der Waals surface area contributed by atoms with Gasteiger partial charge in [0.15, 0.2) is 5.75 Å². The quantitative estimate of drug-likeness (QED) is 0.356. The second-order valence-electron chi connectivity index (χ2n) is 3.21. The topological polar surface area (TPSA) is 113 Å². The number of benzene rings is 1. The molecule has 104 valence electrons. The summed E-state index contributed by atoms with van der Waals surface area (Å²) in [4.78, 5) is 20.8. The van der Waals surface area contributed by atoms with Crippen LogP contribution in [0.4, 0.5) is 5.69 Å². The Labute approximate surface area is 112 Å². The summed E-state index contributed by atoms with van der Waals surface area (Å²) in [5.41, 5.74) is -1.11. The van der Waals surface area contributed by atoms with E-state index in [-0.39, 0.29) is 5.75 Å². The van der Waals surface area contributed by atoms with Gasteiger partial charge in [-0.05, 0) is 0 Å². The van der Waals surface area contributed by atoms with E-state index in [9.17, 15) is 23.3 Å². The summed E-state index contributed by atoms with van der Waals surface area (Å²) in [6.45, 7) is 0. The molecule has 0 bridgehead atoms. The lowest BCUT2D eigenvalue weighted by atomic mass is 10.2. The van der Waals surface area contributed by atoms with Crippen LogP contribution in [-0.2, 0) is 13.8 Å². The Hall–Kier alpha value is -1.87. The molecule has 0 aliphatic heterocycles. The minimum atomic E-state index is -4.29. The van der Waals surface area contributed by atoms with Gasteiger partial charge in [0.2, 0.25) is 0 Å². The molecule has 8 nitrogen and oxygen atoms in total. The second-order valence-corrected chi connectivity index (χ2v) is 5.74. The van der Waals surface area contributed by atoms with E-state index in [1.165, 1.54) is 0 Å². The van der Waals surface area contributed by atoms with E-state index in [0.717, 1.165) is 26.4 Å². The van der Waals surface area contributed by atoms with E-state index in [0.29, 0.717) is 0 Å². The lowest BCUT2D eigenvalue weighted by Crippen LogP contribution is -2.09. The number of carbonyl (C=O) groups excluding carboxylic acids is 1. The largest absolute Gasteiger partial charge is 0.490 e. The van der Waals surface area contributed by atoms with E-state index in [4.69, 9.17) is 15.4 Å². The molecule has 1 aromatic carbocycles. The Morgan fingerprint density at radius 3 is 2.32 bits per heavy atom. The molecule has 10 heteroatoms. The molecule has 0 aliphatic carbocycles. The van der Waals surface area contributed by atoms with Gasteiger partial charge in [0.25, 0.3) is 9.05 Å². The maximum Gasteiger partial charge on any atom is 0.339 e. The zero-order chi connectivity index (χ0) is 14.8. The number of hydrogen-bond acceptors (Lipinski definition) is 7. The second kappa shape index (κ2) is 5.41. The van der Waals surface area contributed by atoms with Crippen LogP contribution < -0.4 is 4.74 Å². The average Bonchev–Trinajstić information content (AvgIpc) is 2.34. The molecule has 0 heterocycles. The number of hydrogen-bond donors (Lipinski definition) is 0. The van der Waals surface area contributed by atoms with Crippen molar-refractivity contribution in [2.24, 2.45) is 0 Å². The van der Waals surface area contributed by atoms with Gasteiger partial charge in [-0.15, -0.1) is 0 Å². The van der Waals surface area contributed by atoms with Crippen LogP contribution in [0.5, 0.6) is 5.75 Å². The van der Waals surface area contributed by atoms with Gasteiger partial charge >= 0.3 is 11.7 Å². The van der Waals surface area contributed by atoms with Gasteiger partial charge in [-0.25, -0.2) is 13.2 Å². The maximum atomic E-state index is 11.4. The highest BCUT2D eigenvalue weighted by molar-refractivity contribution is 8.13. The maximum absolute atomic E-state index is 11.4. The van der Waals surface area contributed by atoms with E-state index in [1.54, 1.807) is 0 Å². The molecule has 1 rings (SSSR count). The predicted octanol–water partition coefficient (Wildman–Crippen LogP) is 1.32. The van der Waals surface area contributed by atoms with Crippen LogP contribution in [0.2, 0.25) is 0 Å². The normalized spacial score (nSPS) is 10.9. The van der Waals surface area contributed by atoms with Crippen molar-refractivity contribution in [1.29, 1.82) is 0 Å². The fourth-order valence-corrected chi connectivity index (χ4v) is 2.36. The van der Waals surface area contributed by atoms with E-state index in [1.807, 2.05) is 0 Å². The Morgan fingerprint density at radius 1 is 1.37 bits per heavy atom. The predicted molar refractivity (Wildman–Crippen MR) is 64.0 cm³/mol. The number of esters is 1. The van der Waals surface area contributed by atoms with Gasteiger partial charge in [0.05, 0.1) is 24.7 Å². The first-order chi connectivity index (χ1) is 8.72. The Morgan fingerprint density at radius 2 is 1.95 bits per heavy atom. The zero-order valence-electron chi connectivity index (χ0n) is 9.75. The van der Waals surface area contributed by atoms with Crippen molar-refractivity contribution in [2.75, 3.05) is 14.2 Å². The third-order valence-electron chi connectivity index (χ3n) is 2.15. The summed E-state index contributed by atoms with van der Waals surface area (Å²) in [7, 11) is 2.99. The number of methoxy groups -OCH3 is 2. The van der Waals surface area contributed by atoms with Crippen LogP contribution in [0.3, 0.4) is 0 Å². The van der Waals surface area contributed by atoms with Gasteiger partial charge in [-0.2, -0.15) is 0 Å². The van der Waals surface area contributed by atoms with Gasteiger partial charge in [-0.1, -0.05) is 0 Å². The van der Waals surface area contributed by atoms with Crippen LogP contribution in [0.15, 0.2) is 17.0 Å². The molecule has 0 radical (unpaired) electrons. The lowest BCUT2D eigenvalue weighted by molar-refractivity contribution is -0.385. The molecule has 0 aromatic heterocycles. The summed E-state index contributed by atoms with van der Waals surface area (Å²) in [6, 6.07) is 1.53. The van der Waals surface area contributed by atoms with Gasteiger partial charge in [0.1, 0.15) is 4.90 Å². The summed E-state index contributed by atoms with van der Waals surface area (Å²) >= 11 is 0. The molecule has 0 aliphatic rings. The molecule has 0 saturated heterocycles. The van der Waals surface area contributed by atoms with Crippen LogP contribution >= 0.6 is 10.7 Å². The van der Waals surface area contributed by atoms with Crippen LogP contribution in [-0.4, -0.2) is 33.5 Å². The Balaban J connectivity index is 3.72. The number of nitro groups is 1. The summed E-state index contributed by atoms with van der Waals surface area (Å²) in [5.74, 6) is -1.40. The molecule has 0 N–H and O–H groups in total. The lowest BCUT2D eigenvalue weighted by Gasteiger charge is -2.08. The minimum absolute atomic E-state index is 0.336. The van der Waals surface area contributed by atoms with Crippen molar-refractivity contribution in [2.45, 2.75) is 4.90 Å². The van der Waals surface area contributed by atoms with Gasteiger partial charge in [-0.3, -0.25) is 10.1 Å². The highest BCUT2D eigenvalue weighted by Gasteiger charge is 2.28. The molecular weight excluding hydrogens is 302 g/mol. The van der Waals surface area contributed by atoms with Crippen molar-refractivity contribution < 1.29 is 27.6 Å². The van der Waals surface area contributed by atoms with E-state index >= 15 is 0 Å². The van der Waals surface area contributed by atoms with Crippen LogP contribution in [0, 0.1) is 10.1 Å².